The van der Waals surface area contributed by atoms with E-state index in [0.29, 0.717) is 13.0 Å². The van der Waals surface area contributed by atoms with Gasteiger partial charge in [-0.1, -0.05) is 18.2 Å². The van der Waals surface area contributed by atoms with Gasteiger partial charge in [-0.25, -0.2) is 4.98 Å². The zero-order chi connectivity index (χ0) is 12.1. The van der Waals surface area contributed by atoms with Gasteiger partial charge in [-0.15, -0.1) is 11.3 Å². The van der Waals surface area contributed by atoms with Crippen molar-refractivity contribution in [1.29, 1.82) is 0 Å². The van der Waals surface area contributed by atoms with Crippen molar-refractivity contribution in [2.45, 2.75) is 20.0 Å². The number of rotatable bonds is 5. The van der Waals surface area contributed by atoms with Gasteiger partial charge in [0.15, 0.2) is 0 Å². The number of nitrogens with zero attached hydrogens (tertiary/aromatic N) is 1. The second-order valence-corrected chi connectivity index (χ2v) is 5.03. The normalized spacial score (nSPS) is 10.5. The summed E-state index contributed by atoms with van der Waals surface area (Å²) in [6, 6.07) is 7.80. The number of hydrogen-bond acceptors (Lipinski definition) is 4. The number of ether oxygens (including phenoxy) is 1. The number of aliphatic hydroxyl groups excluding tert-OH is 1. The molecule has 0 bridgehead atoms. The van der Waals surface area contributed by atoms with Gasteiger partial charge in [-0.2, -0.15) is 0 Å². The number of benzene rings is 1. The molecular weight excluding hydrogens is 234 g/mol. The molecule has 2 rings (SSSR count). The zero-order valence-electron chi connectivity index (χ0n) is 9.72. The highest BCUT2D eigenvalue weighted by Gasteiger charge is 2.04. The maximum Gasteiger partial charge on any atom is 0.124 e. The fourth-order valence-corrected chi connectivity index (χ4v) is 2.30. The van der Waals surface area contributed by atoms with Gasteiger partial charge in [-0.05, 0) is 25.0 Å². The van der Waals surface area contributed by atoms with Crippen molar-refractivity contribution in [3.63, 3.8) is 0 Å². The Kier molecular flexibility index (Phi) is 4.12. The number of aliphatic hydroxyl groups is 1. The van der Waals surface area contributed by atoms with Gasteiger partial charge < -0.3 is 9.84 Å². The number of hydrogen-bond donors (Lipinski definition) is 1. The molecule has 0 fully saturated rings. The molecule has 4 heteroatoms. The van der Waals surface area contributed by atoms with Crippen LogP contribution in [-0.4, -0.2) is 16.7 Å². The van der Waals surface area contributed by atoms with Gasteiger partial charge in [0.05, 0.1) is 9.88 Å². The van der Waals surface area contributed by atoms with Crippen molar-refractivity contribution in [1.82, 2.24) is 4.98 Å². The maximum atomic E-state index is 8.97. The lowest BCUT2D eigenvalue weighted by Gasteiger charge is -2.09. The molecule has 0 atom stereocenters. The molecule has 0 unspecified atom stereocenters. The highest BCUT2D eigenvalue weighted by atomic mass is 32.1. The summed E-state index contributed by atoms with van der Waals surface area (Å²) in [4.78, 5) is 5.30. The summed E-state index contributed by atoms with van der Waals surface area (Å²) in [6.07, 6.45) is 2.46. The van der Waals surface area contributed by atoms with Gasteiger partial charge in [0.1, 0.15) is 12.4 Å². The van der Waals surface area contributed by atoms with Crippen molar-refractivity contribution < 1.29 is 9.84 Å². The summed E-state index contributed by atoms with van der Waals surface area (Å²) in [7, 11) is 0. The van der Waals surface area contributed by atoms with Crippen LogP contribution in [0.4, 0.5) is 0 Å². The number of aromatic nitrogens is 1. The Labute approximate surface area is 105 Å². The molecule has 1 N–H and O–H groups in total. The lowest BCUT2D eigenvalue weighted by atomic mass is 10.1. The van der Waals surface area contributed by atoms with E-state index in [1.54, 1.807) is 11.3 Å². The number of aryl methyl sites for hydroxylation is 1. The topological polar surface area (TPSA) is 42.4 Å². The highest BCUT2D eigenvalue weighted by molar-refractivity contribution is 7.11. The minimum Gasteiger partial charge on any atom is -0.488 e. The summed E-state index contributed by atoms with van der Waals surface area (Å²) in [5, 5.41) is 10.0. The van der Waals surface area contributed by atoms with Crippen molar-refractivity contribution in [3.05, 3.63) is 45.9 Å². The molecule has 0 spiro atoms. The van der Waals surface area contributed by atoms with Gasteiger partial charge in [0, 0.05) is 12.8 Å². The van der Waals surface area contributed by atoms with Crippen LogP contribution in [0, 0.1) is 6.92 Å². The maximum absolute atomic E-state index is 8.97. The van der Waals surface area contributed by atoms with Crippen LogP contribution < -0.4 is 4.74 Å². The third-order valence-corrected chi connectivity index (χ3v) is 3.28. The van der Waals surface area contributed by atoms with E-state index < -0.39 is 0 Å². The summed E-state index contributed by atoms with van der Waals surface area (Å²) in [5.74, 6) is 0.840. The second-order valence-electron chi connectivity index (χ2n) is 3.72. The van der Waals surface area contributed by atoms with E-state index in [0.717, 1.165) is 21.2 Å². The van der Waals surface area contributed by atoms with E-state index in [2.05, 4.69) is 4.98 Å². The van der Waals surface area contributed by atoms with E-state index in [9.17, 15) is 0 Å². The lowest BCUT2D eigenvalue weighted by Crippen LogP contribution is -1.99. The molecule has 0 aliphatic heterocycles. The first-order chi connectivity index (χ1) is 8.29. The molecule has 0 radical (unpaired) electrons. The molecule has 0 amide bonds. The molecular formula is C13H15NO2S. The van der Waals surface area contributed by atoms with Crippen LogP contribution in [0.5, 0.6) is 5.75 Å². The summed E-state index contributed by atoms with van der Waals surface area (Å²) in [5.41, 5.74) is 1.04. The Morgan fingerprint density at radius 2 is 2.18 bits per heavy atom. The first kappa shape index (κ1) is 12.1. The fourth-order valence-electron chi connectivity index (χ4n) is 1.59. The van der Waals surface area contributed by atoms with E-state index >= 15 is 0 Å². The predicted molar refractivity (Wildman–Crippen MR) is 68.4 cm³/mol. The third kappa shape index (κ3) is 3.28. The predicted octanol–water partition coefficient (Wildman–Crippen LogP) is 2.57. The Morgan fingerprint density at radius 3 is 2.88 bits per heavy atom. The lowest BCUT2D eigenvalue weighted by molar-refractivity contribution is 0.285. The van der Waals surface area contributed by atoms with E-state index in [1.165, 1.54) is 0 Å². The van der Waals surface area contributed by atoms with E-state index in [1.807, 2.05) is 37.4 Å². The van der Waals surface area contributed by atoms with Crippen molar-refractivity contribution in [3.8, 4) is 5.75 Å². The number of thiazole rings is 1. The van der Waals surface area contributed by atoms with E-state index in [-0.39, 0.29) is 6.61 Å². The van der Waals surface area contributed by atoms with Crippen molar-refractivity contribution in [2.75, 3.05) is 6.61 Å². The summed E-state index contributed by atoms with van der Waals surface area (Å²) >= 11 is 1.64. The molecule has 1 heterocycles. The second kappa shape index (κ2) is 5.80. The molecule has 0 saturated heterocycles. The minimum absolute atomic E-state index is 0.139. The fraction of sp³-hybridized carbons (Fsp3) is 0.308. The molecule has 0 aliphatic carbocycles. The van der Waals surface area contributed by atoms with Crippen LogP contribution in [0.25, 0.3) is 0 Å². The molecule has 2 aromatic rings. The third-order valence-electron chi connectivity index (χ3n) is 2.39. The molecule has 1 aromatic carbocycles. The largest absolute Gasteiger partial charge is 0.488 e. The Balaban J connectivity index is 2.03. The zero-order valence-corrected chi connectivity index (χ0v) is 10.5. The SMILES string of the molecule is Cc1ncc(COc2ccccc2CCO)s1. The van der Waals surface area contributed by atoms with Gasteiger partial charge in [0.2, 0.25) is 0 Å². The first-order valence-corrected chi connectivity index (χ1v) is 6.34. The van der Waals surface area contributed by atoms with Crippen LogP contribution in [0.15, 0.2) is 30.5 Å². The smallest absolute Gasteiger partial charge is 0.124 e. The summed E-state index contributed by atoms with van der Waals surface area (Å²) < 4.78 is 5.75. The monoisotopic (exact) mass is 249 g/mol. The van der Waals surface area contributed by atoms with Crippen LogP contribution in [0.1, 0.15) is 15.4 Å². The van der Waals surface area contributed by atoms with Gasteiger partial charge in [0.25, 0.3) is 0 Å². The minimum atomic E-state index is 0.139. The molecule has 17 heavy (non-hydrogen) atoms. The van der Waals surface area contributed by atoms with Gasteiger partial charge in [-0.3, -0.25) is 0 Å². The molecule has 0 saturated carbocycles. The van der Waals surface area contributed by atoms with Crippen molar-refractivity contribution >= 4 is 11.3 Å². The highest BCUT2D eigenvalue weighted by Crippen LogP contribution is 2.21. The molecule has 3 nitrogen and oxygen atoms in total. The summed E-state index contributed by atoms with van der Waals surface area (Å²) in [6.45, 7) is 2.65. The molecule has 0 aliphatic rings. The Bertz CT molecular complexity index is 482. The standard InChI is InChI=1S/C13H15NO2S/c1-10-14-8-12(17-10)9-16-13-5-3-2-4-11(13)6-7-15/h2-5,8,15H,6-7,9H2,1H3. The Hall–Kier alpha value is -1.39. The van der Waals surface area contributed by atoms with Crippen LogP contribution >= 0.6 is 11.3 Å². The quantitative estimate of drug-likeness (QED) is 0.885. The van der Waals surface area contributed by atoms with Gasteiger partial charge >= 0.3 is 0 Å². The first-order valence-electron chi connectivity index (χ1n) is 5.52. The average Bonchev–Trinajstić information content (AvgIpc) is 2.74. The molecule has 1 aromatic heterocycles. The Morgan fingerprint density at radius 1 is 1.35 bits per heavy atom. The van der Waals surface area contributed by atoms with Crippen LogP contribution in [0.3, 0.4) is 0 Å². The van der Waals surface area contributed by atoms with Crippen LogP contribution in [-0.2, 0) is 13.0 Å². The molecule has 90 valence electrons. The van der Waals surface area contributed by atoms with Crippen molar-refractivity contribution in [2.24, 2.45) is 0 Å². The van der Waals surface area contributed by atoms with Crippen LogP contribution in [0.2, 0.25) is 0 Å². The number of para-hydroxylation sites is 1. The van der Waals surface area contributed by atoms with E-state index in [4.69, 9.17) is 9.84 Å². The average molecular weight is 249 g/mol.